The van der Waals surface area contributed by atoms with Crippen molar-refractivity contribution in [3.8, 4) is 28.6 Å². The number of benzene rings is 1. The second-order valence-electron chi connectivity index (χ2n) is 6.80. The second kappa shape index (κ2) is 8.22. The number of nitrogens with one attached hydrogen (secondary N) is 1. The van der Waals surface area contributed by atoms with Crippen LogP contribution in [0.25, 0.3) is 16.9 Å². The summed E-state index contributed by atoms with van der Waals surface area (Å²) in [4.78, 5) is 14.8. The van der Waals surface area contributed by atoms with E-state index in [0.29, 0.717) is 17.5 Å². The third kappa shape index (κ3) is 4.48. The molecule has 8 heteroatoms. The maximum Gasteiger partial charge on any atom is 0.404 e. The first-order valence-electron chi connectivity index (χ1n) is 9.44. The Morgan fingerprint density at radius 3 is 2.66 bits per heavy atom. The Labute approximate surface area is 168 Å². The van der Waals surface area contributed by atoms with Crippen LogP contribution in [0.2, 0.25) is 0 Å². The predicted octanol–water partition coefficient (Wildman–Crippen LogP) is 3.47. The molecule has 1 aliphatic carbocycles. The third-order valence-corrected chi connectivity index (χ3v) is 4.70. The van der Waals surface area contributed by atoms with Crippen LogP contribution >= 0.6 is 0 Å². The molecular formula is C21H22N4O4. The number of carboxylic acid groups (broad SMARTS) is 1. The van der Waals surface area contributed by atoms with Crippen molar-refractivity contribution in [2.75, 3.05) is 20.3 Å². The van der Waals surface area contributed by atoms with E-state index in [9.17, 15) is 4.79 Å². The lowest BCUT2D eigenvalue weighted by atomic mass is 10.1. The van der Waals surface area contributed by atoms with Crippen LogP contribution in [0.3, 0.4) is 0 Å². The van der Waals surface area contributed by atoms with E-state index in [-0.39, 0.29) is 13.2 Å². The van der Waals surface area contributed by atoms with Gasteiger partial charge in [0.25, 0.3) is 0 Å². The second-order valence-corrected chi connectivity index (χ2v) is 6.80. The molecule has 1 aromatic carbocycles. The smallest absolute Gasteiger partial charge is 0.404 e. The first-order chi connectivity index (χ1) is 14.1. The van der Waals surface area contributed by atoms with Crippen LogP contribution < -0.4 is 14.8 Å². The molecule has 4 rings (SSSR count). The van der Waals surface area contributed by atoms with Crippen LogP contribution in [0.4, 0.5) is 4.79 Å². The summed E-state index contributed by atoms with van der Waals surface area (Å²) in [6, 6.07) is 13.6. The monoisotopic (exact) mass is 394 g/mol. The van der Waals surface area contributed by atoms with Crippen molar-refractivity contribution >= 4 is 6.09 Å². The van der Waals surface area contributed by atoms with E-state index >= 15 is 0 Å². The quantitative estimate of drug-likeness (QED) is 0.568. The summed E-state index contributed by atoms with van der Waals surface area (Å²) in [6.45, 7) is 0.506. The molecule has 0 unspecified atom stereocenters. The number of rotatable bonds is 8. The average Bonchev–Trinajstić information content (AvgIpc) is 3.50. The molecule has 2 heterocycles. The summed E-state index contributed by atoms with van der Waals surface area (Å²) in [5.74, 6) is 1.77. The van der Waals surface area contributed by atoms with E-state index in [0.717, 1.165) is 22.6 Å². The molecule has 150 valence electrons. The van der Waals surface area contributed by atoms with Gasteiger partial charge in [-0.25, -0.2) is 14.5 Å². The van der Waals surface area contributed by atoms with Gasteiger partial charge in [0.05, 0.1) is 36.9 Å². The minimum Gasteiger partial charge on any atom is -0.492 e. The van der Waals surface area contributed by atoms with Crippen molar-refractivity contribution in [2.45, 2.75) is 18.8 Å². The number of carbonyl (C=O) groups is 1. The zero-order valence-electron chi connectivity index (χ0n) is 16.0. The summed E-state index contributed by atoms with van der Waals surface area (Å²) in [5, 5.41) is 15.7. The van der Waals surface area contributed by atoms with Crippen LogP contribution in [0.15, 0.2) is 48.7 Å². The highest BCUT2D eigenvalue weighted by Crippen LogP contribution is 2.41. The summed E-state index contributed by atoms with van der Waals surface area (Å²) < 4.78 is 12.6. The number of hydrogen-bond donors (Lipinski definition) is 2. The van der Waals surface area contributed by atoms with Gasteiger partial charge in [0.15, 0.2) is 0 Å². The van der Waals surface area contributed by atoms with E-state index in [4.69, 9.17) is 19.7 Å². The number of nitrogens with zero attached hydrogens (tertiary/aromatic N) is 3. The summed E-state index contributed by atoms with van der Waals surface area (Å²) in [5.41, 5.74) is 3.96. The molecule has 1 saturated carbocycles. The van der Waals surface area contributed by atoms with Crippen molar-refractivity contribution in [2.24, 2.45) is 0 Å². The fourth-order valence-corrected chi connectivity index (χ4v) is 3.05. The van der Waals surface area contributed by atoms with E-state index < -0.39 is 6.09 Å². The van der Waals surface area contributed by atoms with Gasteiger partial charge in [-0.1, -0.05) is 0 Å². The lowest BCUT2D eigenvalue weighted by Crippen LogP contribution is -2.26. The average molecular weight is 394 g/mol. The molecule has 0 atom stereocenters. The topological polar surface area (TPSA) is 98.5 Å². The van der Waals surface area contributed by atoms with E-state index in [1.807, 2.05) is 41.1 Å². The zero-order chi connectivity index (χ0) is 20.2. The van der Waals surface area contributed by atoms with Crippen molar-refractivity contribution < 1.29 is 19.4 Å². The first-order valence-corrected chi connectivity index (χ1v) is 9.44. The Morgan fingerprint density at radius 2 is 2.03 bits per heavy atom. The van der Waals surface area contributed by atoms with Gasteiger partial charge >= 0.3 is 6.09 Å². The Bertz CT molecular complexity index is 979. The van der Waals surface area contributed by atoms with Crippen molar-refractivity contribution in [3.05, 3.63) is 54.4 Å². The number of hydrogen-bond acceptors (Lipinski definition) is 5. The molecule has 2 aromatic heterocycles. The lowest BCUT2D eigenvalue weighted by Gasteiger charge is -2.10. The van der Waals surface area contributed by atoms with E-state index in [1.165, 1.54) is 12.8 Å². The highest BCUT2D eigenvalue weighted by atomic mass is 16.5. The molecule has 0 aliphatic heterocycles. The molecule has 0 bridgehead atoms. The Balaban J connectivity index is 1.56. The van der Waals surface area contributed by atoms with Gasteiger partial charge in [-0.3, -0.25) is 0 Å². The summed E-state index contributed by atoms with van der Waals surface area (Å²) in [6.07, 6.45) is 3.04. The molecule has 0 spiro atoms. The van der Waals surface area contributed by atoms with Crippen molar-refractivity contribution in [1.29, 1.82) is 0 Å². The maximum absolute atomic E-state index is 10.5. The van der Waals surface area contributed by atoms with Crippen LogP contribution in [0.5, 0.6) is 11.6 Å². The minimum absolute atomic E-state index is 0.235. The highest BCUT2D eigenvalue weighted by Gasteiger charge is 2.28. The molecule has 1 fully saturated rings. The molecule has 8 nitrogen and oxygen atoms in total. The van der Waals surface area contributed by atoms with Gasteiger partial charge in [0.1, 0.15) is 12.4 Å². The van der Waals surface area contributed by atoms with E-state index in [1.54, 1.807) is 13.3 Å². The number of ether oxygens (including phenoxy) is 2. The molecule has 29 heavy (non-hydrogen) atoms. The molecule has 1 aliphatic rings. The number of methoxy groups -OCH3 is 1. The molecule has 1 amide bonds. The highest BCUT2D eigenvalue weighted by molar-refractivity contribution is 5.64. The molecule has 0 radical (unpaired) electrons. The van der Waals surface area contributed by atoms with Gasteiger partial charge < -0.3 is 19.9 Å². The molecule has 0 saturated heterocycles. The van der Waals surface area contributed by atoms with Gasteiger partial charge in [-0.2, -0.15) is 5.10 Å². The summed E-state index contributed by atoms with van der Waals surface area (Å²) in [7, 11) is 1.59. The number of aromatic nitrogens is 3. The number of pyridine rings is 1. The Hall–Kier alpha value is -3.55. The van der Waals surface area contributed by atoms with Gasteiger partial charge in [0.2, 0.25) is 5.88 Å². The zero-order valence-corrected chi connectivity index (χ0v) is 16.0. The molecular weight excluding hydrogens is 372 g/mol. The van der Waals surface area contributed by atoms with Gasteiger partial charge in [-0.05, 0) is 49.2 Å². The predicted molar refractivity (Wildman–Crippen MR) is 107 cm³/mol. The number of amides is 1. The fraction of sp³-hybridized carbons (Fsp3) is 0.286. The fourth-order valence-electron chi connectivity index (χ4n) is 3.05. The van der Waals surface area contributed by atoms with Gasteiger partial charge in [0, 0.05) is 17.5 Å². The minimum atomic E-state index is -1.06. The SMILES string of the molecule is COc1ccc(-n2nc(C3CC3)cc2-c2ccc(OCCNC(=O)O)cc2)cn1. The molecule has 3 aromatic rings. The largest absolute Gasteiger partial charge is 0.492 e. The van der Waals surface area contributed by atoms with E-state index in [2.05, 4.69) is 16.4 Å². The first kappa shape index (κ1) is 18.8. The Kier molecular flexibility index (Phi) is 5.33. The standard InChI is InChI=1S/C21H22N4O4/c1-28-20-9-6-16(13-23-20)25-19(12-18(24-25)14-2-3-14)15-4-7-17(8-5-15)29-11-10-22-21(26)27/h4-9,12-14,22H,2-3,10-11H2,1H3,(H,26,27). The van der Waals surface area contributed by atoms with Crippen molar-refractivity contribution in [3.63, 3.8) is 0 Å². The lowest BCUT2D eigenvalue weighted by molar-refractivity contribution is 0.191. The third-order valence-electron chi connectivity index (χ3n) is 4.70. The summed E-state index contributed by atoms with van der Waals surface area (Å²) >= 11 is 0. The maximum atomic E-state index is 10.5. The molecule has 2 N–H and O–H groups in total. The Morgan fingerprint density at radius 1 is 1.24 bits per heavy atom. The van der Waals surface area contributed by atoms with Crippen LogP contribution in [0.1, 0.15) is 24.5 Å². The normalized spacial score (nSPS) is 13.1. The van der Waals surface area contributed by atoms with Gasteiger partial charge in [-0.15, -0.1) is 0 Å². The van der Waals surface area contributed by atoms with Crippen LogP contribution in [-0.2, 0) is 0 Å². The van der Waals surface area contributed by atoms with Crippen LogP contribution in [0, 0.1) is 0 Å². The van der Waals surface area contributed by atoms with Crippen molar-refractivity contribution in [1.82, 2.24) is 20.1 Å². The van der Waals surface area contributed by atoms with Crippen LogP contribution in [-0.4, -0.2) is 46.2 Å².